The first kappa shape index (κ1) is 21.6. The molecule has 2 aromatic carbocycles. The van der Waals surface area contributed by atoms with E-state index in [0.717, 1.165) is 5.56 Å². The second-order valence-corrected chi connectivity index (χ2v) is 6.77. The highest BCUT2D eigenvalue weighted by Gasteiger charge is 2.14. The Labute approximate surface area is 169 Å². The number of hydrogen-bond acceptors (Lipinski definition) is 3. The highest BCUT2D eigenvalue weighted by Crippen LogP contribution is 2.26. The molecule has 0 aromatic heterocycles. The van der Waals surface area contributed by atoms with Crippen LogP contribution in [0.25, 0.3) is 6.08 Å². The minimum atomic E-state index is -2.98. The first-order valence-corrected chi connectivity index (χ1v) is 9.18. The second kappa shape index (κ2) is 10.6. The Morgan fingerprint density at radius 1 is 1.18 bits per heavy atom. The van der Waals surface area contributed by atoms with Crippen molar-refractivity contribution in [2.24, 2.45) is 5.73 Å². The summed E-state index contributed by atoms with van der Waals surface area (Å²) >= 11 is 3.26. The van der Waals surface area contributed by atoms with Gasteiger partial charge in [-0.25, -0.2) is 0 Å². The van der Waals surface area contributed by atoms with Crippen molar-refractivity contribution in [3.05, 3.63) is 70.2 Å². The Morgan fingerprint density at radius 3 is 2.54 bits per heavy atom. The molecule has 0 aliphatic rings. The number of carbonyl (C=O) groups is 2. The average molecular weight is 453 g/mol. The molecule has 5 nitrogen and oxygen atoms in total. The van der Waals surface area contributed by atoms with Crippen LogP contribution in [-0.4, -0.2) is 29.9 Å². The number of halogens is 3. The average Bonchev–Trinajstić information content (AvgIpc) is 2.65. The third-order valence-corrected chi connectivity index (χ3v) is 4.24. The van der Waals surface area contributed by atoms with Crippen molar-refractivity contribution in [2.75, 3.05) is 6.54 Å². The highest BCUT2D eigenvalue weighted by molar-refractivity contribution is 9.10. The van der Waals surface area contributed by atoms with Gasteiger partial charge in [0.2, 0.25) is 11.8 Å². The number of carbonyl (C=O) groups excluding carboxylic acids is 2. The second-order valence-electron chi connectivity index (χ2n) is 5.86. The van der Waals surface area contributed by atoms with E-state index in [1.165, 1.54) is 23.1 Å². The molecule has 8 heteroatoms. The number of alkyl halides is 2. The zero-order chi connectivity index (χ0) is 20.5. The number of nitrogens with zero attached hydrogens (tertiary/aromatic N) is 1. The number of hydrogen-bond donors (Lipinski definition) is 1. The van der Waals surface area contributed by atoms with Gasteiger partial charge < -0.3 is 15.4 Å². The molecule has 0 fully saturated rings. The van der Waals surface area contributed by atoms with E-state index in [0.29, 0.717) is 10.0 Å². The monoisotopic (exact) mass is 452 g/mol. The van der Waals surface area contributed by atoms with Gasteiger partial charge in [-0.05, 0) is 29.8 Å². The van der Waals surface area contributed by atoms with Crippen LogP contribution in [-0.2, 0) is 16.1 Å². The molecule has 28 heavy (non-hydrogen) atoms. The van der Waals surface area contributed by atoms with Crippen LogP contribution in [0.15, 0.2) is 59.1 Å². The van der Waals surface area contributed by atoms with Crippen molar-refractivity contribution in [1.29, 1.82) is 0 Å². The van der Waals surface area contributed by atoms with Crippen LogP contribution in [0.5, 0.6) is 5.75 Å². The molecule has 148 valence electrons. The molecule has 0 saturated heterocycles. The molecule has 0 spiro atoms. The maximum absolute atomic E-state index is 12.6. The summed E-state index contributed by atoms with van der Waals surface area (Å²) in [6, 6.07) is 13.8. The molecule has 0 atom stereocenters. The summed E-state index contributed by atoms with van der Waals surface area (Å²) in [4.78, 5) is 25.2. The Balaban J connectivity index is 2.19. The third-order valence-electron chi connectivity index (χ3n) is 3.75. The van der Waals surface area contributed by atoms with Gasteiger partial charge >= 0.3 is 6.61 Å². The lowest BCUT2D eigenvalue weighted by Crippen LogP contribution is -2.32. The molecule has 0 saturated carbocycles. The number of amides is 2. The van der Waals surface area contributed by atoms with E-state index >= 15 is 0 Å². The Morgan fingerprint density at radius 2 is 1.89 bits per heavy atom. The highest BCUT2D eigenvalue weighted by atomic mass is 79.9. The number of primary amides is 1. The number of ether oxygens (including phenoxy) is 1. The predicted molar refractivity (Wildman–Crippen MR) is 105 cm³/mol. The SMILES string of the molecule is NC(=O)CCN(Cc1ccccc1)C(=O)/C=C/c1cc(Br)ccc1OC(F)F. The molecule has 2 rings (SSSR count). The first-order valence-electron chi connectivity index (χ1n) is 8.38. The van der Waals surface area contributed by atoms with Crippen molar-refractivity contribution in [3.63, 3.8) is 0 Å². The largest absolute Gasteiger partial charge is 0.434 e. The summed E-state index contributed by atoms with van der Waals surface area (Å²) in [6.45, 7) is -2.54. The summed E-state index contributed by atoms with van der Waals surface area (Å²) in [5.41, 5.74) is 6.40. The van der Waals surface area contributed by atoms with Gasteiger partial charge in [-0.2, -0.15) is 8.78 Å². The van der Waals surface area contributed by atoms with E-state index in [9.17, 15) is 18.4 Å². The van der Waals surface area contributed by atoms with E-state index < -0.39 is 12.5 Å². The molecule has 2 amide bonds. The van der Waals surface area contributed by atoms with Gasteiger partial charge in [0.1, 0.15) is 5.75 Å². The van der Waals surface area contributed by atoms with Gasteiger partial charge in [0.25, 0.3) is 0 Å². The van der Waals surface area contributed by atoms with E-state index in [1.54, 1.807) is 12.1 Å². The number of nitrogens with two attached hydrogens (primary N) is 1. The summed E-state index contributed by atoms with van der Waals surface area (Å²) in [5, 5.41) is 0. The van der Waals surface area contributed by atoms with Gasteiger partial charge in [0.05, 0.1) is 0 Å². The van der Waals surface area contributed by atoms with Crippen molar-refractivity contribution < 1.29 is 23.1 Å². The number of benzene rings is 2. The van der Waals surface area contributed by atoms with Gasteiger partial charge in [0.15, 0.2) is 0 Å². The van der Waals surface area contributed by atoms with Gasteiger partial charge in [-0.1, -0.05) is 46.3 Å². The lowest BCUT2D eigenvalue weighted by atomic mass is 10.1. The van der Waals surface area contributed by atoms with Gasteiger partial charge in [-0.3, -0.25) is 9.59 Å². The Hall–Kier alpha value is -2.74. The smallest absolute Gasteiger partial charge is 0.387 e. The van der Waals surface area contributed by atoms with Crippen LogP contribution in [0.3, 0.4) is 0 Å². The lowest BCUT2D eigenvalue weighted by Gasteiger charge is -2.21. The maximum Gasteiger partial charge on any atom is 0.387 e. The number of rotatable bonds is 9. The summed E-state index contributed by atoms with van der Waals surface area (Å²) in [7, 11) is 0. The zero-order valence-electron chi connectivity index (χ0n) is 14.9. The van der Waals surface area contributed by atoms with Crippen molar-refractivity contribution >= 4 is 33.8 Å². The van der Waals surface area contributed by atoms with Crippen LogP contribution in [0, 0.1) is 0 Å². The standard InChI is InChI=1S/C20H19BrF2N2O3/c21-16-7-8-17(28-20(22)23)15(12-16)6-9-19(27)25(11-10-18(24)26)13-14-4-2-1-3-5-14/h1-9,12,20H,10-11,13H2,(H2,24,26)/b9-6+. The molecule has 0 bridgehead atoms. The van der Waals surface area contributed by atoms with Crippen LogP contribution in [0.1, 0.15) is 17.5 Å². The molecule has 0 heterocycles. The fourth-order valence-corrected chi connectivity index (χ4v) is 2.81. The molecule has 0 radical (unpaired) electrons. The normalized spacial score (nSPS) is 11.0. The fraction of sp³-hybridized carbons (Fsp3) is 0.200. The van der Waals surface area contributed by atoms with Crippen LogP contribution >= 0.6 is 15.9 Å². The summed E-state index contributed by atoms with van der Waals surface area (Å²) in [5.74, 6) is -0.948. The first-order chi connectivity index (χ1) is 13.3. The van der Waals surface area contributed by atoms with Crippen molar-refractivity contribution in [2.45, 2.75) is 19.6 Å². The Kier molecular flexibility index (Phi) is 8.13. The van der Waals surface area contributed by atoms with Gasteiger partial charge in [0, 0.05) is 35.6 Å². The van der Waals surface area contributed by atoms with Crippen LogP contribution in [0.2, 0.25) is 0 Å². The van der Waals surface area contributed by atoms with Crippen molar-refractivity contribution in [1.82, 2.24) is 4.90 Å². The topological polar surface area (TPSA) is 72.6 Å². The predicted octanol–water partition coefficient (Wildman–Crippen LogP) is 3.97. The molecule has 2 N–H and O–H groups in total. The third kappa shape index (κ3) is 7.11. The van der Waals surface area contributed by atoms with E-state index in [4.69, 9.17) is 5.73 Å². The van der Waals surface area contributed by atoms with E-state index in [1.807, 2.05) is 30.3 Å². The quantitative estimate of drug-likeness (QED) is 0.585. The summed E-state index contributed by atoms with van der Waals surface area (Å²) < 4.78 is 30.3. The molecular formula is C20H19BrF2N2O3. The Bertz CT molecular complexity index is 845. The fourth-order valence-electron chi connectivity index (χ4n) is 2.44. The van der Waals surface area contributed by atoms with Gasteiger partial charge in [-0.15, -0.1) is 0 Å². The lowest BCUT2D eigenvalue weighted by molar-refractivity contribution is -0.127. The van der Waals surface area contributed by atoms with Crippen LogP contribution < -0.4 is 10.5 Å². The molecular weight excluding hydrogens is 434 g/mol. The molecule has 2 aromatic rings. The van der Waals surface area contributed by atoms with Crippen molar-refractivity contribution in [3.8, 4) is 5.75 Å². The molecule has 0 aliphatic carbocycles. The van der Waals surface area contributed by atoms with E-state index in [2.05, 4.69) is 20.7 Å². The zero-order valence-corrected chi connectivity index (χ0v) is 16.4. The minimum absolute atomic E-state index is 0.0169. The van der Waals surface area contributed by atoms with Crippen LogP contribution in [0.4, 0.5) is 8.78 Å². The molecule has 0 unspecified atom stereocenters. The van der Waals surface area contributed by atoms with E-state index in [-0.39, 0.29) is 31.2 Å². The summed E-state index contributed by atoms with van der Waals surface area (Å²) in [6.07, 6.45) is 2.67. The maximum atomic E-state index is 12.6. The molecule has 0 aliphatic heterocycles. The minimum Gasteiger partial charge on any atom is -0.434 e.